The fourth-order valence-electron chi connectivity index (χ4n) is 2.46. The largest absolute Gasteiger partial charge is 0.466 e. The van der Waals surface area contributed by atoms with Crippen LogP contribution in [0.4, 0.5) is 0 Å². The van der Waals surface area contributed by atoms with E-state index < -0.39 is 11.9 Å². The summed E-state index contributed by atoms with van der Waals surface area (Å²) >= 11 is 0. The van der Waals surface area contributed by atoms with Crippen molar-refractivity contribution < 1.29 is 23.8 Å². The van der Waals surface area contributed by atoms with E-state index in [1.54, 1.807) is 37.3 Å². The number of carbonyl (C=O) groups is 2. The monoisotopic (exact) mass is 365 g/mol. The van der Waals surface area contributed by atoms with E-state index in [9.17, 15) is 9.59 Å². The van der Waals surface area contributed by atoms with Gasteiger partial charge >= 0.3 is 11.9 Å². The van der Waals surface area contributed by atoms with E-state index in [-0.39, 0.29) is 13.2 Å². The molecule has 0 bridgehead atoms. The van der Waals surface area contributed by atoms with Crippen LogP contribution in [0.1, 0.15) is 22.8 Å². The van der Waals surface area contributed by atoms with Gasteiger partial charge in [0.05, 0.1) is 17.7 Å². The van der Waals surface area contributed by atoms with E-state index in [0.717, 1.165) is 10.9 Å². The average Bonchev–Trinajstić information content (AvgIpc) is 2.71. The first-order valence-corrected chi connectivity index (χ1v) is 8.56. The van der Waals surface area contributed by atoms with Crippen molar-refractivity contribution in [1.82, 2.24) is 4.98 Å². The molecule has 6 nitrogen and oxygen atoms in total. The zero-order valence-electron chi connectivity index (χ0n) is 14.9. The number of carbonyl (C=O) groups excluding carboxylic acids is 2. The lowest BCUT2D eigenvalue weighted by molar-refractivity contribution is -0.145. The Bertz CT molecular complexity index is 940. The Balaban J connectivity index is 1.65. The molecule has 27 heavy (non-hydrogen) atoms. The molecule has 2 aromatic carbocycles. The highest BCUT2D eigenvalue weighted by molar-refractivity contribution is 5.94. The van der Waals surface area contributed by atoms with Crippen molar-refractivity contribution in [2.75, 3.05) is 13.2 Å². The van der Waals surface area contributed by atoms with Crippen LogP contribution in [-0.4, -0.2) is 30.1 Å². The molecule has 0 fully saturated rings. The molecule has 0 spiro atoms. The van der Waals surface area contributed by atoms with Crippen LogP contribution in [-0.2, 0) is 20.9 Å². The molecule has 3 rings (SSSR count). The number of nitrogens with zero attached hydrogens (tertiary/aromatic N) is 1. The molecule has 0 aliphatic carbocycles. The molecule has 1 aromatic heterocycles. The zero-order chi connectivity index (χ0) is 19.1. The second-order valence-electron chi connectivity index (χ2n) is 5.71. The molecular formula is C21H19NO5. The second-order valence-corrected chi connectivity index (χ2v) is 5.71. The Kier molecular flexibility index (Phi) is 5.99. The van der Waals surface area contributed by atoms with Crippen molar-refractivity contribution in [3.63, 3.8) is 0 Å². The van der Waals surface area contributed by atoms with E-state index in [1.165, 1.54) is 0 Å². The summed E-state index contributed by atoms with van der Waals surface area (Å²) < 4.78 is 15.5. The molecule has 0 radical (unpaired) electrons. The molecule has 3 aromatic rings. The summed E-state index contributed by atoms with van der Waals surface area (Å²) in [5.41, 5.74) is 2.02. The zero-order valence-corrected chi connectivity index (χ0v) is 14.9. The van der Waals surface area contributed by atoms with E-state index >= 15 is 0 Å². The van der Waals surface area contributed by atoms with Gasteiger partial charge in [-0.15, -0.1) is 0 Å². The molecule has 1 heterocycles. The standard InChI is InChI=1S/C21H19NO5/c1-2-25-20(23)14-26-19-11-9-16-12-17(8-10-18(16)22-19)21(24)27-13-15-6-4-3-5-7-15/h3-12H,2,13-14H2,1H3. The van der Waals surface area contributed by atoms with E-state index in [4.69, 9.17) is 14.2 Å². The predicted octanol–water partition coefficient (Wildman–Crippen LogP) is 3.53. The fourth-order valence-corrected chi connectivity index (χ4v) is 2.46. The molecule has 0 saturated carbocycles. The van der Waals surface area contributed by atoms with Gasteiger partial charge in [-0.25, -0.2) is 14.6 Å². The fraction of sp³-hybridized carbons (Fsp3) is 0.190. The van der Waals surface area contributed by atoms with Crippen molar-refractivity contribution in [2.24, 2.45) is 0 Å². The van der Waals surface area contributed by atoms with Gasteiger partial charge in [-0.1, -0.05) is 30.3 Å². The summed E-state index contributed by atoms with van der Waals surface area (Å²) in [4.78, 5) is 27.9. The number of hydrogen-bond acceptors (Lipinski definition) is 6. The minimum absolute atomic E-state index is 0.198. The van der Waals surface area contributed by atoms with Gasteiger partial charge in [0.1, 0.15) is 6.61 Å². The smallest absolute Gasteiger partial charge is 0.344 e. The highest BCUT2D eigenvalue weighted by Gasteiger charge is 2.10. The first kappa shape index (κ1) is 18.4. The molecule has 0 unspecified atom stereocenters. The lowest BCUT2D eigenvalue weighted by atomic mass is 10.1. The quantitative estimate of drug-likeness (QED) is 0.596. The van der Waals surface area contributed by atoms with Crippen LogP contribution >= 0.6 is 0 Å². The van der Waals surface area contributed by atoms with E-state index in [0.29, 0.717) is 23.6 Å². The molecule has 138 valence electrons. The van der Waals surface area contributed by atoms with Crippen LogP contribution in [0.15, 0.2) is 60.7 Å². The SMILES string of the molecule is CCOC(=O)COc1ccc2cc(C(=O)OCc3ccccc3)ccc2n1. The average molecular weight is 365 g/mol. The number of fused-ring (bicyclic) bond motifs is 1. The molecule has 0 aliphatic heterocycles. The highest BCUT2D eigenvalue weighted by Crippen LogP contribution is 2.19. The molecule has 0 aliphatic rings. The number of benzene rings is 2. The maximum Gasteiger partial charge on any atom is 0.344 e. The number of rotatable bonds is 7. The summed E-state index contributed by atoms with van der Waals surface area (Å²) in [5, 5.41) is 0.771. The van der Waals surface area contributed by atoms with Crippen LogP contribution in [0.5, 0.6) is 5.88 Å². The minimum Gasteiger partial charge on any atom is -0.466 e. The lowest BCUT2D eigenvalue weighted by Crippen LogP contribution is -2.15. The summed E-state index contributed by atoms with van der Waals surface area (Å²) in [6.45, 7) is 2.05. The number of esters is 2. The van der Waals surface area contributed by atoms with Crippen molar-refractivity contribution in [1.29, 1.82) is 0 Å². The van der Waals surface area contributed by atoms with Crippen LogP contribution in [0.3, 0.4) is 0 Å². The van der Waals surface area contributed by atoms with Gasteiger partial charge in [0.25, 0.3) is 0 Å². The second kappa shape index (κ2) is 8.80. The summed E-state index contributed by atoms with van der Waals surface area (Å²) in [7, 11) is 0. The van der Waals surface area contributed by atoms with E-state index in [1.807, 2.05) is 30.3 Å². The summed E-state index contributed by atoms with van der Waals surface area (Å²) in [5.74, 6) is -0.533. The number of hydrogen-bond donors (Lipinski definition) is 0. The van der Waals surface area contributed by atoms with Crippen LogP contribution in [0, 0.1) is 0 Å². The van der Waals surface area contributed by atoms with Gasteiger partial charge in [0, 0.05) is 11.5 Å². The maximum atomic E-state index is 12.2. The van der Waals surface area contributed by atoms with Crippen LogP contribution < -0.4 is 4.74 Å². The van der Waals surface area contributed by atoms with Crippen LogP contribution in [0.25, 0.3) is 10.9 Å². The Morgan fingerprint density at radius 1 is 0.963 bits per heavy atom. The predicted molar refractivity (Wildman–Crippen MR) is 99.4 cm³/mol. The summed E-state index contributed by atoms with van der Waals surface area (Å²) in [6.07, 6.45) is 0. The van der Waals surface area contributed by atoms with Gasteiger partial charge in [-0.2, -0.15) is 0 Å². The van der Waals surface area contributed by atoms with Gasteiger partial charge in [0.15, 0.2) is 6.61 Å². The molecule has 0 N–H and O–H groups in total. The molecular weight excluding hydrogens is 346 g/mol. The Labute approximate surface area is 156 Å². The maximum absolute atomic E-state index is 12.2. The lowest BCUT2D eigenvalue weighted by Gasteiger charge is -2.08. The normalized spacial score (nSPS) is 10.4. The van der Waals surface area contributed by atoms with Gasteiger partial charge in [0.2, 0.25) is 5.88 Å². The Morgan fingerprint density at radius 2 is 1.78 bits per heavy atom. The first-order valence-electron chi connectivity index (χ1n) is 8.56. The Morgan fingerprint density at radius 3 is 2.56 bits per heavy atom. The minimum atomic E-state index is -0.448. The van der Waals surface area contributed by atoms with Crippen molar-refractivity contribution in [2.45, 2.75) is 13.5 Å². The number of ether oxygens (including phenoxy) is 3. The van der Waals surface area contributed by atoms with E-state index in [2.05, 4.69) is 4.98 Å². The molecule has 6 heteroatoms. The topological polar surface area (TPSA) is 74.7 Å². The third-order valence-corrected chi connectivity index (χ3v) is 3.76. The molecule has 0 amide bonds. The third-order valence-electron chi connectivity index (χ3n) is 3.76. The van der Waals surface area contributed by atoms with Crippen molar-refractivity contribution in [3.05, 3.63) is 71.8 Å². The molecule has 0 saturated heterocycles. The first-order chi connectivity index (χ1) is 13.2. The molecule has 0 atom stereocenters. The summed E-state index contributed by atoms with van der Waals surface area (Å²) in [6, 6.07) is 18.0. The van der Waals surface area contributed by atoms with Gasteiger partial charge in [-0.05, 0) is 36.8 Å². The van der Waals surface area contributed by atoms with Crippen molar-refractivity contribution in [3.8, 4) is 5.88 Å². The third kappa shape index (κ3) is 5.04. The van der Waals surface area contributed by atoms with Gasteiger partial charge in [-0.3, -0.25) is 0 Å². The highest BCUT2D eigenvalue weighted by atomic mass is 16.6. The van der Waals surface area contributed by atoms with Gasteiger partial charge < -0.3 is 14.2 Å². The van der Waals surface area contributed by atoms with Crippen LogP contribution in [0.2, 0.25) is 0 Å². The number of pyridine rings is 1. The Hall–Kier alpha value is -3.41. The number of aromatic nitrogens is 1. The van der Waals surface area contributed by atoms with Crippen molar-refractivity contribution >= 4 is 22.8 Å².